The third-order valence-electron chi connectivity index (χ3n) is 4.86. The molecule has 1 heterocycles. The highest BCUT2D eigenvalue weighted by Gasteiger charge is 2.33. The number of aromatic hydroxyl groups is 1. The van der Waals surface area contributed by atoms with Gasteiger partial charge in [-0.05, 0) is 48.7 Å². The number of anilines is 1. The van der Waals surface area contributed by atoms with Crippen molar-refractivity contribution in [3.8, 4) is 5.75 Å². The predicted octanol–water partition coefficient (Wildman–Crippen LogP) is 5.81. The normalized spacial score (nSPS) is 15.4. The minimum Gasteiger partial charge on any atom is -0.508 e. The Balaban J connectivity index is 1.44. The van der Waals surface area contributed by atoms with Crippen molar-refractivity contribution in [1.29, 1.82) is 0 Å². The van der Waals surface area contributed by atoms with Crippen LogP contribution in [-0.2, 0) is 15.8 Å². The van der Waals surface area contributed by atoms with Crippen LogP contribution in [0.1, 0.15) is 36.8 Å². The molecule has 33 heavy (non-hydrogen) atoms. The lowest BCUT2D eigenvalue weighted by Gasteiger charge is -2.14. The largest absolute Gasteiger partial charge is 0.508 e. The number of benzene rings is 2. The summed E-state index contributed by atoms with van der Waals surface area (Å²) >= 11 is 6.50. The highest BCUT2D eigenvalue weighted by Crippen LogP contribution is 2.35. The summed E-state index contributed by atoms with van der Waals surface area (Å²) in [5.41, 5.74) is -0.368. The number of nitrogens with one attached hydrogen (secondary N) is 1. The smallest absolute Gasteiger partial charge is 0.418 e. The Morgan fingerprint density at radius 3 is 2.48 bits per heavy atom. The van der Waals surface area contributed by atoms with E-state index in [0.717, 1.165) is 11.6 Å². The Morgan fingerprint density at radius 2 is 1.79 bits per heavy atom. The maximum Gasteiger partial charge on any atom is 0.418 e. The third-order valence-corrected chi connectivity index (χ3v) is 6.23. The van der Waals surface area contributed by atoms with Gasteiger partial charge in [-0.2, -0.15) is 13.2 Å². The number of halogens is 3. The Labute approximate surface area is 198 Å². The summed E-state index contributed by atoms with van der Waals surface area (Å²) in [7, 11) is 0. The number of rotatable bonds is 8. The lowest BCUT2D eigenvalue weighted by atomic mass is 10.1. The summed E-state index contributed by atoms with van der Waals surface area (Å²) in [5, 5.41) is 11.7. The van der Waals surface area contributed by atoms with Crippen LogP contribution in [0.2, 0.25) is 0 Å². The van der Waals surface area contributed by atoms with E-state index in [1.807, 2.05) is 0 Å². The van der Waals surface area contributed by atoms with Crippen LogP contribution in [0.25, 0.3) is 6.08 Å². The topological polar surface area (TPSA) is 69.6 Å². The number of amides is 2. The standard InChI is InChI=1S/C23H21F3N2O3S2/c24-23(25,26)17-6-3-4-7-18(17)27-20(30)8-2-1-5-13-28-21(31)19(33-22(28)32)14-15-9-11-16(29)12-10-15/h3-4,6-7,9-12,14,29H,1-2,5,8,13H2,(H,27,30)/b19-14-. The Morgan fingerprint density at radius 1 is 1.09 bits per heavy atom. The minimum absolute atomic E-state index is 0.0747. The first-order valence-electron chi connectivity index (χ1n) is 10.2. The van der Waals surface area contributed by atoms with Gasteiger partial charge in [-0.25, -0.2) is 0 Å². The highest BCUT2D eigenvalue weighted by atomic mass is 32.2. The van der Waals surface area contributed by atoms with E-state index in [2.05, 4.69) is 5.32 Å². The van der Waals surface area contributed by atoms with Gasteiger partial charge in [0.15, 0.2) is 0 Å². The molecule has 0 saturated carbocycles. The average molecular weight is 495 g/mol. The first-order valence-corrected chi connectivity index (χ1v) is 11.4. The van der Waals surface area contributed by atoms with Gasteiger partial charge in [-0.15, -0.1) is 0 Å². The molecule has 10 heteroatoms. The number of para-hydroxylation sites is 1. The molecule has 2 amide bonds. The van der Waals surface area contributed by atoms with E-state index in [1.54, 1.807) is 18.2 Å². The summed E-state index contributed by atoms with van der Waals surface area (Å²) < 4.78 is 39.5. The van der Waals surface area contributed by atoms with Gasteiger partial charge < -0.3 is 10.4 Å². The van der Waals surface area contributed by atoms with Crippen molar-refractivity contribution >= 4 is 51.9 Å². The number of thiocarbonyl (C=S) groups is 1. The van der Waals surface area contributed by atoms with Crippen molar-refractivity contribution in [2.24, 2.45) is 0 Å². The molecule has 1 saturated heterocycles. The second-order valence-corrected chi connectivity index (χ2v) is 9.00. The Kier molecular flexibility index (Phi) is 8.15. The van der Waals surface area contributed by atoms with Crippen molar-refractivity contribution in [3.63, 3.8) is 0 Å². The number of nitrogens with zero attached hydrogens (tertiary/aromatic N) is 1. The molecule has 0 spiro atoms. The Hall–Kier alpha value is -2.85. The van der Waals surface area contributed by atoms with Gasteiger partial charge in [0.05, 0.1) is 16.2 Å². The zero-order chi connectivity index (χ0) is 24.0. The van der Waals surface area contributed by atoms with Crippen LogP contribution in [0.5, 0.6) is 5.75 Å². The van der Waals surface area contributed by atoms with Crippen LogP contribution in [-0.4, -0.2) is 32.7 Å². The molecule has 0 bridgehead atoms. The van der Waals surface area contributed by atoms with Crippen molar-refractivity contribution < 1.29 is 27.9 Å². The SMILES string of the molecule is O=C(CCCCCN1C(=O)/C(=C/c2ccc(O)cc2)SC1=S)Nc1ccccc1C(F)(F)F. The van der Waals surface area contributed by atoms with E-state index in [0.29, 0.717) is 35.0 Å². The van der Waals surface area contributed by atoms with E-state index in [9.17, 15) is 27.9 Å². The van der Waals surface area contributed by atoms with E-state index in [1.165, 1.54) is 47.0 Å². The molecule has 1 aliphatic heterocycles. The molecule has 1 aliphatic rings. The lowest BCUT2D eigenvalue weighted by molar-refractivity contribution is -0.137. The van der Waals surface area contributed by atoms with Crippen molar-refractivity contribution in [3.05, 3.63) is 64.6 Å². The molecule has 3 rings (SSSR count). The molecule has 2 N–H and O–H groups in total. The van der Waals surface area contributed by atoms with E-state index >= 15 is 0 Å². The number of hydrogen-bond acceptors (Lipinski definition) is 5. The Bertz CT molecular complexity index is 1070. The van der Waals surface area contributed by atoms with Crippen LogP contribution in [0.15, 0.2) is 53.4 Å². The molecule has 174 valence electrons. The fraction of sp³-hybridized carbons (Fsp3) is 0.261. The first-order chi connectivity index (χ1) is 15.6. The second kappa shape index (κ2) is 10.8. The number of phenolic OH excluding ortho intramolecular Hbond substituents is 1. The molecular formula is C23H21F3N2O3S2. The summed E-state index contributed by atoms with van der Waals surface area (Å²) in [6.45, 7) is 0.399. The van der Waals surface area contributed by atoms with Gasteiger partial charge in [0.1, 0.15) is 10.1 Å². The van der Waals surface area contributed by atoms with Gasteiger partial charge in [-0.1, -0.05) is 54.7 Å². The van der Waals surface area contributed by atoms with Crippen LogP contribution in [0, 0.1) is 0 Å². The molecule has 0 radical (unpaired) electrons. The number of alkyl halides is 3. The molecule has 2 aromatic carbocycles. The monoisotopic (exact) mass is 494 g/mol. The zero-order valence-corrected chi connectivity index (χ0v) is 19.0. The van der Waals surface area contributed by atoms with E-state index in [4.69, 9.17) is 12.2 Å². The van der Waals surface area contributed by atoms with E-state index < -0.39 is 17.6 Å². The molecule has 5 nitrogen and oxygen atoms in total. The third kappa shape index (κ3) is 6.82. The van der Waals surface area contributed by atoms with Crippen LogP contribution >= 0.6 is 24.0 Å². The molecule has 2 aromatic rings. The summed E-state index contributed by atoms with van der Waals surface area (Å²) in [6, 6.07) is 11.3. The number of unbranched alkanes of at least 4 members (excludes halogenated alkanes) is 2. The fourth-order valence-electron chi connectivity index (χ4n) is 3.20. The summed E-state index contributed by atoms with van der Waals surface area (Å²) in [5.74, 6) is -0.549. The number of thioether (sulfide) groups is 1. The number of carbonyl (C=O) groups excluding carboxylic acids is 2. The van der Waals surface area contributed by atoms with Crippen molar-refractivity contribution in [2.75, 3.05) is 11.9 Å². The molecular weight excluding hydrogens is 473 g/mol. The van der Waals surface area contributed by atoms with Gasteiger partial charge in [-0.3, -0.25) is 14.5 Å². The highest BCUT2D eigenvalue weighted by molar-refractivity contribution is 8.26. The number of phenols is 1. The zero-order valence-electron chi connectivity index (χ0n) is 17.4. The van der Waals surface area contributed by atoms with E-state index in [-0.39, 0.29) is 23.8 Å². The minimum atomic E-state index is -4.54. The van der Waals surface area contributed by atoms with Gasteiger partial charge >= 0.3 is 6.18 Å². The second-order valence-electron chi connectivity index (χ2n) is 7.33. The van der Waals surface area contributed by atoms with Crippen LogP contribution in [0.3, 0.4) is 0 Å². The van der Waals surface area contributed by atoms with Crippen molar-refractivity contribution in [2.45, 2.75) is 31.9 Å². The maximum atomic E-state index is 13.0. The predicted molar refractivity (Wildman–Crippen MR) is 127 cm³/mol. The maximum absolute atomic E-state index is 13.0. The average Bonchev–Trinajstić information content (AvgIpc) is 3.02. The van der Waals surface area contributed by atoms with Gasteiger partial charge in [0, 0.05) is 13.0 Å². The summed E-state index contributed by atoms with van der Waals surface area (Å²) in [4.78, 5) is 26.7. The van der Waals surface area contributed by atoms with Gasteiger partial charge in [0.25, 0.3) is 5.91 Å². The number of hydrogen-bond donors (Lipinski definition) is 2. The van der Waals surface area contributed by atoms with Gasteiger partial charge in [0.2, 0.25) is 5.91 Å². The first kappa shape index (κ1) is 24.8. The molecule has 0 aromatic heterocycles. The molecule has 0 aliphatic carbocycles. The molecule has 1 fully saturated rings. The molecule has 0 atom stereocenters. The van der Waals surface area contributed by atoms with Crippen LogP contribution < -0.4 is 5.32 Å². The van der Waals surface area contributed by atoms with Crippen molar-refractivity contribution in [1.82, 2.24) is 4.90 Å². The molecule has 0 unspecified atom stereocenters. The lowest BCUT2D eigenvalue weighted by Crippen LogP contribution is -2.29. The fourth-order valence-corrected chi connectivity index (χ4v) is 4.51. The number of carbonyl (C=O) groups is 2. The summed E-state index contributed by atoms with van der Waals surface area (Å²) in [6.07, 6.45) is -1.07. The van der Waals surface area contributed by atoms with Crippen LogP contribution in [0.4, 0.5) is 18.9 Å². The quantitative estimate of drug-likeness (QED) is 0.275.